The summed E-state index contributed by atoms with van der Waals surface area (Å²) in [7, 11) is 0. The van der Waals surface area contributed by atoms with Crippen molar-refractivity contribution in [3.05, 3.63) is 59.0 Å². The second-order valence-corrected chi connectivity index (χ2v) is 7.49. The molecular weight excluding hydrogens is 360 g/mol. The number of anilines is 2. The van der Waals surface area contributed by atoms with Gasteiger partial charge in [0.25, 0.3) is 0 Å². The Morgan fingerprint density at radius 1 is 1.07 bits per heavy atom. The van der Waals surface area contributed by atoms with Crippen LogP contribution in [0.15, 0.2) is 54.2 Å². The van der Waals surface area contributed by atoms with Crippen LogP contribution in [0.25, 0.3) is 0 Å². The highest BCUT2D eigenvalue weighted by Gasteiger charge is 2.20. The van der Waals surface area contributed by atoms with Crippen LogP contribution in [0.4, 0.5) is 11.6 Å². The maximum Gasteiger partial charge on any atom is 0.239 e. The average molecular weight is 382 g/mol. The number of nitrogens with one attached hydrogen (secondary N) is 1. The minimum Gasteiger partial charge on any atom is -0.354 e. The first-order chi connectivity index (χ1) is 13.3. The molecular formula is C19H22N6OS. The number of carbonyl (C=O) groups is 1. The SMILES string of the molecule is O=C(CN1CCN(c2ccccn2)CC1)Nc1ccnn1Cc1cccs1. The first kappa shape index (κ1) is 17.7. The van der Waals surface area contributed by atoms with Gasteiger partial charge >= 0.3 is 0 Å². The summed E-state index contributed by atoms with van der Waals surface area (Å²) in [5.41, 5.74) is 0. The molecule has 1 amide bonds. The molecule has 1 saturated heterocycles. The van der Waals surface area contributed by atoms with Gasteiger partial charge in [0.1, 0.15) is 11.6 Å². The van der Waals surface area contributed by atoms with Crippen molar-refractivity contribution in [3.8, 4) is 0 Å². The van der Waals surface area contributed by atoms with Gasteiger partial charge in [0.05, 0.1) is 19.3 Å². The van der Waals surface area contributed by atoms with E-state index in [-0.39, 0.29) is 5.91 Å². The second kappa shape index (κ2) is 8.32. The molecule has 140 valence electrons. The number of aromatic nitrogens is 3. The molecule has 0 aromatic carbocycles. The molecule has 3 aromatic rings. The van der Waals surface area contributed by atoms with Crippen LogP contribution in [0.2, 0.25) is 0 Å². The Balaban J connectivity index is 1.28. The highest BCUT2D eigenvalue weighted by Crippen LogP contribution is 2.15. The number of pyridine rings is 1. The van der Waals surface area contributed by atoms with Crippen LogP contribution >= 0.6 is 11.3 Å². The number of hydrogen-bond donors (Lipinski definition) is 1. The van der Waals surface area contributed by atoms with Crippen molar-refractivity contribution in [3.63, 3.8) is 0 Å². The van der Waals surface area contributed by atoms with Gasteiger partial charge in [-0.05, 0) is 23.6 Å². The third kappa shape index (κ3) is 4.53. The summed E-state index contributed by atoms with van der Waals surface area (Å²) in [6, 6.07) is 11.9. The Labute approximate surface area is 162 Å². The van der Waals surface area contributed by atoms with Crippen molar-refractivity contribution in [2.45, 2.75) is 6.54 Å². The maximum atomic E-state index is 12.5. The van der Waals surface area contributed by atoms with Gasteiger partial charge in [-0.15, -0.1) is 11.3 Å². The van der Waals surface area contributed by atoms with E-state index in [1.165, 1.54) is 4.88 Å². The zero-order valence-electron chi connectivity index (χ0n) is 15.0. The summed E-state index contributed by atoms with van der Waals surface area (Å²) in [4.78, 5) is 22.5. The molecule has 1 aliphatic rings. The highest BCUT2D eigenvalue weighted by atomic mass is 32.1. The van der Waals surface area contributed by atoms with Crippen LogP contribution in [0, 0.1) is 0 Å². The smallest absolute Gasteiger partial charge is 0.239 e. The number of thiophene rings is 1. The Bertz CT molecular complexity index is 855. The normalized spacial score (nSPS) is 15.0. The molecule has 0 unspecified atom stereocenters. The minimum absolute atomic E-state index is 0.00536. The number of carbonyl (C=O) groups excluding carboxylic acids is 1. The predicted molar refractivity (Wildman–Crippen MR) is 107 cm³/mol. The lowest BCUT2D eigenvalue weighted by Crippen LogP contribution is -2.49. The summed E-state index contributed by atoms with van der Waals surface area (Å²) in [6.07, 6.45) is 3.53. The molecule has 3 aromatic heterocycles. The summed E-state index contributed by atoms with van der Waals surface area (Å²) in [5, 5.41) is 9.35. The molecule has 7 nitrogen and oxygen atoms in total. The van der Waals surface area contributed by atoms with Crippen molar-refractivity contribution >= 4 is 28.9 Å². The van der Waals surface area contributed by atoms with Gasteiger partial charge in [0, 0.05) is 43.3 Å². The predicted octanol–water partition coefficient (Wildman–Crippen LogP) is 2.15. The third-order valence-corrected chi connectivity index (χ3v) is 5.44. The van der Waals surface area contributed by atoms with E-state index in [0.29, 0.717) is 13.1 Å². The standard InChI is InChI=1S/C19H22N6OS/c26-19(22-18-6-8-21-25(18)14-16-4-3-13-27-16)15-23-9-11-24(12-10-23)17-5-1-2-7-20-17/h1-8,13H,9-12,14-15H2,(H,22,26). The number of piperazine rings is 1. The van der Waals surface area contributed by atoms with Gasteiger partial charge in [0.15, 0.2) is 0 Å². The van der Waals surface area contributed by atoms with Crippen LogP contribution in [-0.2, 0) is 11.3 Å². The van der Waals surface area contributed by atoms with Gasteiger partial charge in [0.2, 0.25) is 5.91 Å². The molecule has 0 atom stereocenters. The lowest BCUT2D eigenvalue weighted by atomic mass is 10.3. The van der Waals surface area contributed by atoms with Gasteiger partial charge in [-0.2, -0.15) is 5.10 Å². The van der Waals surface area contributed by atoms with Crippen LogP contribution in [0.3, 0.4) is 0 Å². The molecule has 0 saturated carbocycles. The van der Waals surface area contributed by atoms with Crippen LogP contribution in [0.5, 0.6) is 0 Å². The minimum atomic E-state index is -0.00536. The van der Waals surface area contributed by atoms with Crippen LogP contribution in [-0.4, -0.2) is 58.3 Å². The molecule has 1 aliphatic heterocycles. The number of rotatable bonds is 6. The lowest BCUT2D eigenvalue weighted by molar-refractivity contribution is -0.117. The van der Waals surface area contributed by atoms with Crippen molar-refractivity contribution < 1.29 is 4.79 Å². The number of hydrogen-bond acceptors (Lipinski definition) is 6. The average Bonchev–Trinajstić information content (AvgIpc) is 3.36. The first-order valence-electron chi connectivity index (χ1n) is 9.00. The fourth-order valence-electron chi connectivity index (χ4n) is 3.18. The zero-order chi connectivity index (χ0) is 18.5. The molecule has 0 aliphatic carbocycles. The van der Waals surface area contributed by atoms with E-state index in [4.69, 9.17) is 0 Å². The molecule has 0 spiro atoms. The molecule has 4 heterocycles. The molecule has 8 heteroatoms. The van der Waals surface area contributed by atoms with Crippen molar-refractivity contribution in [2.75, 3.05) is 42.9 Å². The molecule has 0 radical (unpaired) electrons. The van der Waals surface area contributed by atoms with Gasteiger partial charge < -0.3 is 10.2 Å². The van der Waals surface area contributed by atoms with Gasteiger partial charge in [-0.3, -0.25) is 9.69 Å². The van der Waals surface area contributed by atoms with E-state index < -0.39 is 0 Å². The summed E-state index contributed by atoms with van der Waals surface area (Å²) in [5.74, 6) is 1.73. The Morgan fingerprint density at radius 2 is 1.96 bits per heavy atom. The number of amides is 1. The van der Waals surface area contributed by atoms with E-state index in [9.17, 15) is 4.79 Å². The van der Waals surface area contributed by atoms with Gasteiger partial charge in [-0.1, -0.05) is 12.1 Å². The fraction of sp³-hybridized carbons (Fsp3) is 0.316. The van der Waals surface area contributed by atoms with Crippen LogP contribution < -0.4 is 10.2 Å². The molecule has 27 heavy (non-hydrogen) atoms. The molecule has 4 rings (SSSR count). The zero-order valence-corrected chi connectivity index (χ0v) is 15.8. The highest BCUT2D eigenvalue weighted by molar-refractivity contribution is 7.09. The number of nitrogens with zero attached hydrogens (tertiary/aromatic N) is 5. The van der Waals surface area contributed by atoms with E-state index in [0.717, 1.165) is 37.8 Å². The molecule has 1 fully saturated rings. The van der Waals surface area contributed by atoms with Crippen molar-refractivity contribution in [1.82, 2.24) is 19.7 Å². The van der Waals surface area contributed by atoms with E-state index in [2.05, 4.69) is 31.3 Å². The van der Waals surface area contributed by atoms with E-state index in [1.807, 2.05) is 46.6 Å². The third-order valence-electron chi connectivity index (χ3n) is 4.58. The fourth-order valence-corrected chi connectivity index (χ4v) is 3.86. The van der Waals surface area contributed by atoms with Crippen LogP contribution in [0.1, 0.15) is 4.88 Å². The maximum absolute atomic E-state index is 12.5. The summed E-state index contributed by atoms with van der Waals surface area (Å²) < 4.78 is 1.82. The van der Waals surface area contributed by atoms with E-state index >= 15 is 0 Å². The Morgan fingerprint density at radius 3 is 2.70 bits per heavy atom. The lowest BCUT2D eigenvalue weighted by Gasteiger charge is -2.34. The van der Waals surface area contributed by atoms with Gasteiger partial charge in [-0.25, -0.2) is 9.67 Å². The summed E-state index contributed by atoms with van der Waals surface area (Å²) >= 11 is 1.68. The summed E-state index contributed by atoms with van der Waals surface area (Å²) in [6.45, 7) is 4.50. The topological polar surface area (TPSA) is 66.3 Å². The van der Waals surface area contributed by atoms with E-state index in [1.54, 1.807) is 17.5 Å². The molecule has 0 bridgehead atoms. The second-order valence-electron chi connectivity index (χ2n) is 6.45. The monoisotopic (exact) mass is 382 g/mol. The largest absolute Gasteiger partial charge is 0.354 e. The molecule has 1 N–H and O–H groups in total. The quantitative estimate of drug-likeness (QED) is 0.708. The Kier molecular flexibility index (Phi) is 5.45. The Hall–Kier alpha value is -2.71. The van der Waals surface area contributed by atoms with Crippen molar-refractivity contribution in [1.29, 1.82) is 0 Å². The first-order valence-corrected chi connectivity index (χ1v) is 9.88. The van der Waals surface area contributed by atoms with Crippen molar-refractivity contribution in [2.24, 2.45) is 0 Å².